The highest BCUT2D eigenvalue weighted by Gasteiger charge is 2.52. The quantitative estimate of drug-likeness (QED) is 0.203. The number of benzene rings is 1. The Bertz CT molecular complexity index is 1000. The summed E-state index contributed by atoms with van der Waals surface area (Å²) < 4.78 is 54.2. The van der Waals surface area contributed by atoms with E-state index in [1.54, 1.807) is 6.08 Å². The third-order valence-corrected chi connectivity index (χ3v) is 7.62. The zero-order valence-electron chi connectivity index (χ0n) is 24.2. The molecule has 1 amide bonds. The minimum Gasteiger partial charge on any atom is -0.350 e. The van der Waals surface area contributed by atoms with Crippen molar-refractivity contribution in [2.75, 3.05) is 19.5 Å². The van der Waals surface area contributed by atoms with Gasteiger partial charge in [-0.1, -0.05) is 101 Å². The van der Waals surface area contributed by atoms with Crippen LogP contribution in [0.15, 0.2) is 36.4 Å². The Balaban J connectivity index is 1.57. The van der Waals surface area contributed by atoms with Gasteiger partial charge in [-0.3, -0.25) is 8.98 Å². The van der Waals surface area contributed by atoms with Gasteiger partial charge in [0.2, 0.25) is 5.91 Å². The molecule has 0 saturated carbocycles. The maximum atomic E-state index is 12.2. The fraction of sp³-hybridized carbons (Fsp3) is 0.700. The second-order valence-electron chi connectivity index (χ2n) is 10.7. The minimum atomic E-state index is -3.89. The highest BCUT2D eigenvalue weighted by molar-refractivity contribution is 7.86. The SMILES string of the molecule is CCCCCCCCCCCCO[C@@H]1O[C@@H]2CO[C@@H](/C=C/c3ccccc3)O[C@H]2[C@H](OS(C)(=O)=O)[C@H]1NC(C)=O. The number of nitrogens with one attached hydrogen (secondary N) is 1. The van der Waals surface area contributed by atoms with Gasteiger partial charge in [0.05, 0.1) is 12.9 Å². The number of ether oxygens (including phenoxy) is 4. The Kier molecular flexibility index (Phi) is 14.1. The van der Waals surface area contributed by atoms with Gasteiger partial charge in [0.15, 0.2) is 12.6 Å². The topological polar surface area (TPSA) is 109 Å². The van der Waals surface area contributed by atoms with Crippen molar-refractivity contribution >= 4 is 22.1 Å². The van der Waals surface area contributed by atoms with E-state index >= 15 is 0 Å². The van der Waals surface area contributed by atoms with Crippen LogP contribution in [-0.2, 0) is 38.0 Å². The first-order valence-corrected chi connectivity index (χ1v) is 16.5. The monoisotopic (exact) mass is 581 g/mol. The van der Waals surface area contributed by atoms with Crippen LogP contribution in [0.4, 0.5) is 0 Å². The highest BCUT2D eigenvalue weighted by Crippen LogP contribution is 2.32. The average Bonchev–Trinajstić information content (AvgIpc) is 2.92. The standard InChI is InChI=1S/C30H47NO8S/c1-4-5-6-7-8-9-10-11-12-16-21-35-30-27(31-23(2)32)29(39-40(3,33)34)28-25(37-30)22-36-26(38-28)20-19-24-17-14-13-15-18-24/h13-15,17-20,25-30H,4-12,16,21-22H2,1-3H3,(H,31,32)/b20-19+/t25-,26-,27-,28-,29-,30-/m1/s1. The summed E-state index contributed by atoms with van der Waals surface area (Å²) >= 11 is 0. The lowest BCUT2D eigenvalue weighted by Crippen LogP contribution is -2.68. The van der Waals surface area contributed by atoms with Gasteiger partial charge in [-0.25, -0.2) is 0 Å². The Hall–Kier alpha value is -1.82. The van der Waals surface area contributed by atoms with Crippen molar-refractivity contribution < 1.29 is 36.3 Å². The van der Waals surface area contributed by atoms with Crippen LogP contribution in [-0.4, -0.2) is 70.7 Å². The Morgan fingerprint density at radius 3 is 2.27 bits per heavy atom. The minimum absolute atomic E-state index is 0.156. The molecule has 226 valence electrons. The molecule has 0 radical (unpaired) electrons. The summed E-state index contributed by atoms with van der Waals surface area (Å²) in [7, 11) is -3.89. The number of hydrogen-bond donors (Lipinski definition) is 1. The summed E-state index contributed by atoms with van der Waals surface area (Å²) in [5.41, 5.74) is 0.970. The zero-order valence-corrected chi connectivity index (χ0v) is 25.0. The molecule has 0 bridgehead atoms. The molecule has 0 unspecified atom stereocenters. The number of amides is 1. The average molecular weight is 582 g/mol. The van der Waals surface area contributed by atoms with Crippen LogP contribution in [0.2, 0.25) is 0 Å². The van der Waals surface area contributed by atoms with Crippen LogP contribution >= 0.6 is 0 Å². The van der Waals surface area contributed by atoms with Gasteiger partial charge in [-0.15, -0.1) is 0 Å². The Morgan fingerprint density at radius 2 is 1.65 bits per heavy atom. The second-order valence-corrected chi connectivity index (χ2v) is 12.3. The van der Waals surface area contributed by atoms with Crippen molar-refractivity contribution in [3.8, 4) is 0 Å². The molecular weight excluding hydrogens is 534 g/mol. The lowest BCUT2D eigenvalue weighted by molar-refractivity contribution is -0.328. The second kappa shape index (κ2) is 17.2. The van der Waals surface area contributed by atoms with Crippen molar-refractivity contribution in [3.63, 3.8) is 0 Å². The molecule has 2 heterocycles. The van der Waals surface area contributed by atoms with E-state index in [2.05, 4.69) is 12.2 Å². The first kappa shape index (κ1) is 32.7. The lowest BCUT2D eigenvalue weighted by Gasteiger charge is -2.48. The molecule has 3 rings (SSSR count). The molecule has 1 aromatic carbocycles. The van der Waals surface area contributed by atoms with Crippen molar-refractivity contribution in [2.24, 2.45) is 0 Å². The van der Waals surface area contributed by atoms with Crippen LogP contribution in [0, 0.1) is 0 Å². The highest BCUT2D eigenvalue weighted by atomic mass is 32.2. The smallest absolute Gasteiger partial charge is 0.264 e. The summed E-state index contributed by atoms with van der Waals surface area (Å²) in [5, 5.41) is 2.78. The first-order valence-electron chi connectivity index (χ1n) is 14.7. The third kappa shape index (κ3) is 11.6. The molecule has 0 aromatic heterocycles. The van der Waals surface area contributed by atoms with Gasteiger partial charge >= 0.3 is 0 Å². The van der Waals surface area contributed by atoms with E-state index in [0.717, 1.165) is 31.1 Å². The van der Waals surface area contributed by atoms with Gasteiger partial charge in [0, 0.05) is 13.5 Å². The van der Waals surface area contributed by atoms with Gasteiger partial charge < -0.3 is 24.3 Å². The van der Waals surface area contributed by atoms with Crippen molar-refractivity contribution in [2.45, 2.75) is 115 Å². The van der Waals surface area contributed by atoms with Crippen LogP contribution in [0.3, 0.4) is 0 Å². The molecule has 0 aliphatic carbocycles. The molecule has 6 atom stereocenters. The fourth-order valence-corrected chi connectivity index (χ4v) is 5.71. The Labute approximate surface area is 240 Å². The van der Waals surface area contributed by atoms with Crippen molar-refractivity contribution in [1.29, 1.82) is 0 Å². The maximum Gasteiger partial charge on any atom is 0.264 e. The van der Waals surface area contributed by atoms with E-state index < -0.39 is 47.1 Å². The van der Waals surface area contributed by atoms with Gasteiger partial charge in [0.1, 0.15) is 24.4 Å². The van der Waals surface area contributed by atoms with E-state index in [4.69, 9.17) is 23.1 Å². The van der Waals surface area contributed by atoms with E-state index in [1.807, 2.05) is 36.4 Å². The summed E-state index contributed by atoms with van der Waals surface area (Å²) in [4.78, 5) is 12.1. The number of carbonyl (C=O) groups excluding carboxylic acids is 1. The zero-order chi connectivity index (χ0) is 28.8. The third-order valence-electron chi connectivity index (χ3n) is 7.04. The van der Waals surface area contributed by atoms with Crippen LogP contribution < -0.4 is 5.32 Å². The molecule has 1 N–H and O–H groups in total. The molecule has 0 spiro atoms. The number of hydrogen-bond acceptors (Lipinski definition) is 8. The van der Waals surface area contributed by atoms with Crippen LogP contribution in [0.25, 0.3) is 6.08 Å². The van der Waals surface area contributed by atoms with Gasteiger partial charge in [0.25, 0.3) is 10.1 Å². The number of unbranched alkanes of at least 4 members (excludes halogenated alkanes) is 9. The molecule has 10 heteroatoms. The number of rotatable bonds is 17. The molecule has 2 fully saturated rings. The molecule has 2 aliphatic rings. The molecule has 2 aliphatic heterocycles. The largest absolute Gasteiger partial charge is 0.350 e. The van der Waals surface area contributed by atoms with Crippen LogP contribution in [0.1, 0.15) is 83.6 Å². The number of carbonyl (C=O) groups is 1. The molecule has 1 aromatic rings. The van der Waals surface area contributed by atoms with Crippen LogP contribution in [0.5, 0.6) is 0 Å². The van der Waals surface area contributed by atoms with Gasteiger partial charge in [-0.2, -0.15) is 8.42 Å². The van der Waals surface area contributed by atoms with Crippen molar-refractivity contribution in [1.82, 2.24) is 5.32 Å². The fourth-order valence-electron chi connectivity index (χ4n) is 5.08. The summed E-state index contributed by atoms with van der Waals surface area (Å²) in [5.74, 6) is -0.353. The summed E-state index contributed by atoms with van der Waals surface area (Å²) in [6.07, 6.45) is 12.5. The predicted molar refractivity (Wildman–Crippen MR) is 154 cm³/mol. The van der Waals surface area contributed by atoms with Crippen molar-refractivity contribution in [3.05, 3.63) is 42.0 Å². The normalized spacial score (nSPS) is 27.0. The molecule has 40 heavy (non-hydrogen) atoms. The summed E-state index contributed by atoms with van der Waals surface area (Å²) in [6, 6.07) is 8.80. The Morgan fingerprint density at radius 1 is 1.00 bits per heavy atom. The van der Waals surface area contributed by atoms with E-state index in [1.165, 1.54) is 51.9 Å². The van der Waals surface area contributed by atoms with E-state index in [0.29, 0.717) is 6.61 Å². The molecule has 2 saturated heterocycles. The van der Waals surface area contributed by atoms with E-state index in [9.17, 15) is 13.2 Å². The van der Waals surface area contributed by atoms with E-state index in [-0.39, 0.29) is 12.5 Å². The summed E-state index contributed by atoms with van der Waals surface area (Å²) in [6.45, 7) is 4.17. The molecule has 9 nitrogen and oxygen atoms in total. The first-order chi connectivity index (χ1) is 19.3. The van der Waals surface area contributed by atoms with Gasteiger partial charge in [-0.05, 0) is 18.1 Å². The predicted octanol–water partition coefficient (Wildman–Crippen LogP) is 4.95. The molecular formula is C30H47NO8S. The lowest BCUT2D eigenvalue weighted by atomic mass is 9.96. The maximum absolute atomic E-state index is 12.2. The number of fused-ring (bicyclic) bond motifs is 1.